The second-order valence-corrected chi connectivity index (χ2v) is 8.77. The molecular formula is C19H32IN3O4S. The third-order valence-corrected chi connectivity index (χ3v) is 5.67. The molecule has 0 spiro atoms. The summed E-state index contributed by atoms with van der Waals surface area (Å²) in [7, 11) is -1.46. The van der Waals surface area contributed by atoms with Crippen molar-refractivity contribution in [2.45, 2.75) is 43.7 Å². The number of aliphatic imine (C=N–C) groups is 1. The van der Waals surface area contributed by atoms with E-state index in [-0.39, 0.29) is 30.1 Å². The molecule has 1 aliphatic heterocycles. The zero-order valence-corrected chi connectivity index (χ0v) is 20.0. The van der Waals surface area contributed by atoms with E-state index in [4.69, 9.17) is 9.47 Å². The van der Waals surface area contributed by atoms with Crippen molar-refractivity contribution >= 4 is 39.8 Å². The standard InChI is InChI=1S/C19H31N3O4S.HI/c1-15-12-16(7-8-18(15)27(3,23)24)13-22-19(20-2)21-9-5-10-25-14-17-6-4-11-26-17;/h7-8,12,17H,4-6,9-11,13-14H2,1-3H3,(H2,20,21,22);1H. The Morgan fingerprint density at radius 3 is 2.75 bits per heavy atom. The van der Waals surface area contributed by atoms with E-state index in [2.05, 4.69) is 15.6 Å². The van der Waals surface area contributed by atoms with Gasteiger partial charge in [0.1, 0.15) is 0 Å². The average Bonchev–Trinajstić information content (AvgIpc) is 3.13. The van der Waals surface area contributed by atoms with Gasteiger partial charge in [0.15, 0.2) is 15.8 Å². The van der Waals surface area contributed by atoms with Gasteiger partial charge in [0, 0.05) is 39.6 Å². The van der Waals surface area contributed by atoms with Crippen molar-refractivity contribution in [2.75, 3.05) is 39.7 Å². The molecule has 1 aromatic carbocycles. The van der Waals surface area contributed by atoms with E-state index >= 15 is 0 Å². The van der Waals surface area contributed by atoms with E-state index in [1.165, 1.54) is 6.26 Å². The normalized spacial score (nSPS) is 17.2. The van der Waals surface area contributed by atoms with Crippen LogP contribution in [0.25, 0.3) is 0 Å². The fraction of sp³-hybridized carbons (Fsp3) is 0.632. The van der Waals surface area contributed by atoms with Crippen LogP contribution in [0.3, 0.4) is 0 Å². The van der Waals surface area contributed by atoms with Crippen molar-refractivity contribution in [3.63, 3.8) is 0 Å². The SMILES string of the molecule is CN=C(NCCCOCC1CCCO1)NCc1ccc(S(C)(=O)=O)c(C)c1.I. The van der Waals surface area contributed by atoms with Crippen LogP contribution in [0.1, 0.15) is 30.4 Å². The molecule has 1 aromatic rings. The first-order chi connectivity index (χ1) is 12.9. The monoisotopic (exact) mass is 525 g/mol. The third kappa shape index (κ3) is 8.62. The smallest absolute Gasteiger partial charge is 0.191 e. The van der Waals surface area contributed by atoms with Gasteiger partial charge < -0.3 is 20.1 Å². The lowest BCUT2D eigenvalue weighted by molar-refractivity contribution is 0.0168. The summed E-state index contributed by atoms with van der Waals surface area (Å²) in [6, 6.07) is 5.36. The fourth-order valence-electron chi connectivity index (χ4n) is 3.02. The molecule has 0 aromatic heterocycles. The number of hydrogen-bond donors (Lipinski definition) is 2. The first kappa shape index (κ1) is 25.1. The van der Waals surface area contributed by atoms with Crippen molar-refractivity contribution in [2.24, 2.45) is 4.99 Å². The van der Waals surface area contributed by atoms with Crippen LogP contribution in [0, 0.1) is 6.92 Å². The number of hydrogen-bond acceptors (Lipinski definition) is 5. The molecule has 0 amide bonds. The summed E-state index contributed by atoms with van der Waals surface area (Å²) in [6.07, 6.45) is 4.61. The van der Waals surface area contributed by atoms with E-state index in [0.717, 1.165) is 43.5 Å². The van der Waals surface area contributed by atoms with Crippen LogP contribution in [0.15, 0.2) is 28.1 Å². The molecule has 1 saturated heterocycles. The fourth-order valence-corrected chi connectivity index (χ4v) is 3.97. The number of aryl methyl sites for hydroxylation is 1. The van der Waals surface area contributed by atoms with Crippen LogP contribution >= 0.6 is 24.0 Å². The maximum Gasteiger partial charge on any atom is 0.191 e. The van der Waals surface area contributed by atoms with Crippen LogP contribution in [-0.2, 0) is 25.9 Å². The van der Waals surface area contributed by atoms with Gasteiger partial charge in [0.25, 0.3) is 0 Å². The Morgan fingerprint density at radius 2 is 2.14 bits per heavy atom. The van der Waals surface area contributed by atoms with Crippen LogP contribution in [0.4, 0.5) is 0 Å². The van der Waals surface area contributed by atoms with Crippen molar-refractivity contribution in [1.82, 2.24) is 10.6 Å². The van der Waals surface area contributed by atoms with Crippen LogP contribution in [-0.4, -0.2) is 60.2 Å². The van der Waals surface area contributed by atoms with Gasteiger partial charge in [-0.2, -0.15) is 0 Å². The Hall–Kier alpha value is -0.910. The third-order valence-electron chi connectivity index (χ3n) is 4.41. The number of rotatable bonds is 9. The maximum atomic E-state index is 11.7. The summed E-state index contributed by atoms with van der Waals surface area (Å²) in [5.74, 6) is 0.707. The number of sulfone groups is 1. The number of benzene rings is 1. The predicted octanol–water partition coefficient (Wildman–Crippen LogP) is 2.27. The summed E-state index contributed by atoms with van der Waals surface area (Å²) in [5, 5.41) is 6.49. The van der Waals surface area contributed by atoms with Crippen LogP contribution in [0.2, 0.25) is 0 Å². The Bertz CT molecular complexity index is 735. The number of nitrogens with zero attached hydrogens (tertiary/aromatic N) is 1. The highest BCUT2D eigenvalue weighted by molar-refractivity contribution is 14.0. The van der Waals surface area contributed by atoms with E-state index in [1.807, 2.05) is 19.1 Å². The van der Waals surface area contributed by atoms with Gasteiger partial charge in [0.05, 0.1) is 17.6 Å². The predicted molar refractivity (Wildman–Crippen MR) is 122 cm³/mol. The van der Waals surface area contributed by atoms with E-state index in [1.54, 1.807) is 13.1 Å². The van der Waals surface area contributed by atoms with Crippen molar-refractivity contribution in [1.29, 1.82) is 0 Å². The first-order valence-corrected chi connectivity index (χ1v) is 11.2. The zero-order chi connectivity index (χ0) is 19.7. The molecule has 0 aliphatic carbocycles. The maximum absolute atomic E-state index is 11.7. The number of ether oxygens (including phenoxy) is 2. The summed E-state index contributed by atoms with van der Waals surface area (Å²) in [6.45, 7) is 5.36. The molecule has 160 valence electrons. The molecule has 2 rings (SSSR count). The molecule has 1 aliphatic rings. The minimum atomic E-state index is -3.19. The second kappa shape index (κ2) is 12.6. The van der Waals surface area contributed by atoms with Gasteiger partial charge in [-0.05, 0) is 43.4 Å². The van der Waals surface area contributed by atoms with Crippen LogP contribution < -0.4 is 10.6 Å². The first-order valence-electron chi connectivity index (χ1n) is 9.33. The highest BCUT2D eigenvalue weighted by Gasteiger charge is 2.15. The second-order valence-electron chi connectivity index (χ2n) is 6.79. The lowest BCUT2D eigenvalue weighted by Crippen LogP contribution is -2.37. The quantitative estimate of drug-likeness (QED) is 0.223. The topological polar surface area (TPSA) is 89.0 Å². The van der Waals surface area contributed by atoms with Crippen molar-refractivity contribution < 1.29 is 17.9 Å². The molecule has 0 saturated carbocycles. The van der Waals surface area contributed by atoms with Gasteiger partial charge in [0.2, 0.25) is 0 Å². The minimum Gasteiger partial charge on any atom is -0.379 e. The Morgan fingerprint density at radius 1 is 1.36 bits per heavy atom. The Balaban J connectivity index is 0.00000392. The highest BCUT2D eigenvalue weighted by atomic mass is 127. The molecule has 1 unspecified atom stereocenters. The van der Waals surface area contributed by atoms with Gasteiger partial charge in [-0.15, -0.1) is 24.0 Å². The number of nitrogens with one attached hydrogen (secondary N) is 2. The number of guanidine groups is 1. The highest BCUT2D eigenvalue weighted by Crippen LogP contribution is 2.16. The lowest BCUT2D eigenvalue weighted by Gasteiger charge is -2.13. The van der Waals surface area contributed by atoms with Gasteiger partial charge in [-0.25, -0.2) is 8.42 Å². The molecule has 0 radical (unpaired) electrons. The Labute approximate surface area is 185 Å². The van der Waals surface area contributed by atoms with Gasteiger partial charge in [-0.3, -0.25) is 4.99 Å². The van der Waals surface area contributed by atoms with Crippen molar-refractivity contribution in [3.05, 3.63) is 29.3 Å². The molecular weight excluding hydrogens is 493 g/mol. The van der Waals surface area contributed by atoms with E-state index in [0.29, 0.717) is 30.6 Å². The van der Waals surface area contributed by atoms with E-state index < -0.39 is 9.84 Å². The average molecular weight is 525 g/mol. The van der Waals surface area contributed by atoms with Crippen LogP contribution in [0.5, 0.6) is 0 Å². The Kier molecular flexibility index (Phi) is 11.3. The van der Waals surface area contributed by atoms with E-state index in [9.17, 15) is 8.42 Å². The molecule has 1 heterocycles. The molecule has 2 N–H and O–H groups in total. The minimum absolute atomic E-state index is 0. The van der Waals surface area contributed by atoms with Gasteiger partial charge >= 0.3 is 0 Å². The molecule has 7 nitrogen and oxygen atoms in total. The lowest BCUT2D eigenvalue weighted by atomic mass is 10.1. The van der Waals surface area contributed by atoms with Gasteiger partial charge in [-0.1, -0.05) is 12.1 Å². The molecule has 28 heavy (non-hydrogen) atoms. The largest absolute Gasteiger partial charge is 0.379 e. The summed E-state index contributed by atoms with van der Waals surface area (Å²) in [4.78, 5) is 4.57. The number of halogens is 1. The molecule has 1 atom stereocenters. The molecule has 9 heteroatoms. The molecule has 1 fully saturated rings. The summed E-state index contributed by atoms with van der Waals surface area (Å²) in [5.41, 5.74) is 1.76. The summed E-state index contributed by atoms with van der Waals surface area (Å²) >= 11 is 0. The zero-order valence-electron chi connectivity index (χ0n) is 16.9. The molecule has 0 bridgehead atoms. The van der Waals surface area contributed by atoms with Crippen molar-refractivity contribution in [3.8, 4) is 0 Å². The summed E-state index contributed by atoms with van der Waals surface area (Å²) < 4.78 is 34.5.